The van der Waals surface area contributed by atoms with Crippen LogP contribution in [0.4, 0.5) is 0 Å². The van der Waals surface area contributed by atoms with Crippen molar-refractivity contribution in [2.75, 3.05) is 14.2 Å². The number of allylic oxidation sites excluding steroid dienone is 20. The van der Waals surface area contributed by atoms with Gasteiger partial charge in [0.05, 0.1) is 25.7 Å². The summed E-state index contributed by atoms with van der Waals surface area (Å²) >= 11 is 0. The first-order valence-corrected chi connectivity index (χ1v) is 33.3. The highest BCUT2D eigenvalue weighted by Gasteiger charge is 2.52. The molecule has 2 heteroatoms. The molecule has 0 N–H and O–H groups in total. The van der Waals surface area contributed by atoms with Crippen LogP contribution in [0.25, 0.3) is 11.1 Å². The third-order valence-corrected chi connectivity index (χ3v) is 19.5. The molecule has 8 aliphatic rings. The summed E-state index contributed by atoms with van der Waals surface area (Å²) in [4.78, 5) is 0. The van der Waals surface area contributed by atoms with Crippen molar-refractivity contribution < 1.29 is 9.47 Å². The van der Waals surface area contributed by atoms with Gasteiger partial charge in [0.25, 0.3) is 0 Å². The van der Waals surface area contributed by atoms with Gasteiger partial charge in [-0.1, -0.05) is 154 Å². The van der Waals surface area contributed by atoms with E-state index >= 15 is 0 Å². The van der Waals surface area contributed by atoms with E-state index in [9.17, 15) is 0 Å². The molecule has 0 saturated heterocycles. The van der Waals surface area contributed by atoms with Crippen LogP contribution >= 0.6 is 0 Å². The molecule has 8 bridgehead atoms. The second-order valence-electron chi connectivity index (χ2n) is 27.4. The monoisotopic (exact) mass is 1170 g/mol. The molecule has 8 fully saturated rings. The van der Waals surface area contributed by atoms with Crippen LogP contribution < -0.4 is 0 Å². The molecule has 8 saturated carbocycles. The van der Waals surface area contributed by atoms with Gasteiger partial charge < -0.3 is 9.47 Å². The van der Waals surface area contributed by atoms with E-state index < -0.39 is 0 Å². The van der Waals surface area contributed by atoms with Gasteiger partial charge in [-0.3, -0.25) is 0 Å². The smallest absolute Gasteiger partial charge is 0.0910 e. The van der Waals surface area contributed by atoms with Gasteiger partial charge in [-0.05, 0) is 345 Å². The van der Waals surface area contributed by atoms with E-state index in [1.54, 1.807) is 69.5 Å². The number of benzene rings is 2. The lowest BCUT2D eigenvalue weighted by atomic mass is 9.47. The minimum absolute atomic E-state index is 0.660. The highest BCUT2D eigenvalue weighted by Crippen LogP contribution is 2.64. The minimum Gasteiger partial charge on any atom is -0.502 e. The number of methoxy groups -OCH3 is 2. The van der Waals surface area contributed by atoms with Crippen molar-refractivity contribution in [3.8, 4) is 0 Å². The zero-order valence-corrected chi connectivity index (χ0v) is 61.7. The fourth-order valence-corrected chi connectivity index (χ4v) is 12.5. The lowest BCUT2D eigenvalue weighted by Gasteiger charge is -2.57. The van der Waals surface area contributed by atoms with Crippen molar-refractivity contribution in [2.24, 2.45) is 46.3 Å². The van der Waals surface area contributed by atoms with Gasteiger partial charge in [0.1, 0.15) is 0 Å². The predicted octanol–water partition coefficient (Wildman–Crippen LogP) is 27.5. The maximum Gasteiger partial charge on any atom is 0.0910 e. The average Bonchev–Trinajstić information content (AvgIpc) is 1.71. The first-order valence-electron chi connectivity index (χ1n) is 33.3. The maximum atomic E-state index is 4.89. The van der Waals surface area contributed by atoms with Crippen LogP contribution in [0.5, 0.6) is 0 Å². The molecule has 85 heavy (non-hydrogen) atoms. The molecule has 10 rings (SSSR count). The van der Waals surface area contributed by atoms with E-state index in [1.807, 2.05) is 85.8 Å². The summed E-state index contributed by atoms with van der Waals surface area (Å²) in [6.07, 6.45) is 32.2. The molecule has 2 aromatic rings. The van der Waals surface area contributed by atoms with E-state index in [2.05, 4.69) is 205 Å². The fraction of sp³-hybridized carbons (Fsp3) is 0.614. The van der Waals surface area contributed by atoms with Crippen molar-refractivity contribution in [3.63, 3.8) is 0 Å². The number of hydrogen-bond donors (Lipinski definition) is 0. The Bertz CT molecular complexity index is 2340. The second kappa shape index (κ2) is 44.8. The van der Waals surface area contributed by atoms with Crippen molar-refractivity contribution in [1.82, 2.24) is 0 Å². The van der Waals surface area contributed by atoms with Crippen LogP contribution in [-0.4, -0.2) is 14.2 Å². The van der Waals surface area contributed by atoms with E-state index in [4.69, 9.17) is 9.47 Å². The van der Waals surface area contributed by atoms with Crippen molar-refractivity contribution in [3.05, 3.63) is 175 Å². The number of hydrogen-bond acceptors (Lipinski definition) is 2. The lowest BCUT2D eigenvalue weighted by Crippen LogP contribution is -2.46. The summed E-state index contributed by atoms with van der Waals surface area (Å²) in [6, 6.07) is 20.9. The van der Waals surface area contributed by atoms with Crippen LogP contribution in [0.3, 0.4) is 0 Å². The largest absolute Gasteiger partial charge is 0.502 e. The van der Waals surface area contributed by atoms with Crippen LogP contribution in [0.1, 0.15) is 288 Å². The molecule has 0 atom stereocenters. The molecule has 2 aromatic carbocycles. The van der Waals surface area contributed by atoms with Gasteiger partial charge in [-0.15, -0.1) is 0 Å². The standard InChI is InChI=1S/C15H24.C14H22.C11H14.C10H12.C7H14.C6H12O.C6H12.C5H10O.C5H10.C4H8/c1-10(2)11(3)15-7-12-4-13(8-15)6-14(5-12)9-15;1-3-10(2)14-7-11-4-12(8-14)6-13(5-11)9-14;1-9(2)10(3)11-7-5-4-6-8-11;1-3-9(2)10-7-5-4-6-8-10;1-5-7(4)6(2)3;1-5(2)6(3)7-4;1-5(2)6(3)4;1-4-5(2)6-3;1-4-5(2)3;1-3-4-2/h12-14H,4-9H2,1-3H3;3,11-13H,4-9H2,1-2H3;4-8H,1-3H3;3-8H,1-2H3;5H2,1-4H3;1-4H3;1-4H3;4H,1-3H3;4H,1-3H3;3-4H,1-2H3/b;;;9-3-;;;;5-4-;;4-3-. The maximum absolute atomic E-state index is 4.89. The Kier molecular flexibility index (Phi) is 43.5. The normalized spacial score (nSPS) is 22.9. The van der Waals surface area contributed by atoms with Gasteiger partial charge in [0.15, 0.2) is 0 Å². The summed E-state index contributed by atoms with van der Waals surface area (Å²) in [5.41, 5.74) is 21.6. The Morgan fingerprint density at radius 2 is 0.753 bits per heavy atom. The van der Waals surface area contributed by atoms with E-state index in [1.165, 1.54) is 106 Å². The molecule has 0 radical (unpaired) electrons. The third-order valence-electron chi connectivity index (χ3n) is 19.5. The van der Waals surface area contributed by atoms with Gasteiger partial charge in [0.2, 0.25) is 0 Å². The molecule has 0 unspecified atom stereocenters. The van der Waals surface area contributed by atoms with Crippen molar-refractivity contribution in [2.45, 2.75) is 277 Å². The molecule has 482 valence electrons. The summed E-state index contributed by atoms with van der Waals surface area (Å²) in [6.45, 7) is 59.5. The summed E-state index contributed by atoms with van der Waals surface area (Å²) in [5, 5.41) is 0. The third kappa shape index (κ3) is 32.8. The molecule has 0 amide bonds. The number of ether oxygens (including phenoxy) is 2. The Morgan fingerprint density at radius 1 is 0.400 bits per heavy atom. The molecular weight excluding hydrogens is 1030 g/mol. The van der Waals surface area contributed by atoms with E-state index in [0.29, 0.717) is 10.8 Å². The first kappa shape index (κ1) is 82.5. The van der Waals surface area contributed by atoms with Crippen LogP contribution in [0.2, 0.25) is 0 Å². The van der Waals surface area contributed by atoms with Gasteiger partial charge in [-0.25, -0.2) is 0 Å². The van der Waals surface area contributed by atoms with Crippen molar-refractivity contribution in [1.29, 1.82) is 0 Å². The summed E-state index contributed by atoms with van der Waals surface area (Å²) < 4.78 is 9.65. The summed E-state index contributed by atoms with van der Waals surface area (Å²) in [5.74, 6) is 8.53. The SMILES string of the molecule is C/C=C(/C)OC.C/C=C(/C)c1ccccc1.C/C=C\C.CC(C)=C(C)C.CC(C)=C(C)C12CC3CC(CC(C3)C1)C2.CC(C)=C(C)c1ccccc1.CC=C(C)C.CC=C(C)C12CC3CC(CC(C3)C1)C2.CCC(C)=C(C)C.COC(C)=C(C)C. The van der Waals surface area contributed by atoms with Crippen LogP contribution in [0, 0.1) is 46.3 Å². The molecule has 0 heterocycles. The van der Waals surface area contributed by atoms with Crippen LogP contribution in [0.15, 0.2) is 164 Å². The van der Waals surface area contributed by atoms with Crippen molar-refractivity contribution >= 4 is 11.1 Å². The second-order valence-corrected chi connectivity index (χ2v) is 27.4. The summed E-state index contributed by atoms with van der Waals surface area (Å²) in [7, 11) is 3.34. The van der Waals surface area contributed by atoms with Gasteiger partial charge in [-0.2, -0.15) is 0 Å². The Morgan fingerprint density at radius 3 is 0.941 bits per heavy atom. The van der Waals surface area contributed by atoms with Crippen LogP contribution in [-0.2, 0) is 9.47 Å². The number of rotatable bonds is 7. The topological polar surface area (TPSA) is 18.5 Å². The highest BCUT2D eigenvalue weighted by atomic mass is 16.5. The van der Waals surface area contributed by atoms with Gasteiger partial charge >= 0.3 is 0 Å². The molecule has 0 aromatic heterocycles. The molecular formula is C83H138O2. The Hall–Kier alpha value is -4.56. The zero-order chi connectivity index (χ0) is 65.6. The Balaban J connectivity index is 0. The highest BCUT2D eigenvalue weighted by molar-refractivity contribution is 5.66. The zero-order valence-electron chi connectivity index (χ0n) is 61.7. The first-order chi connectivity index (χ1) is 39.9. The lowest BCUT2D eigenvalue weighted by molar-refractivity contribution is -0.0309. The minimum atomic E-state index is 0.660. The van der Waals surface area contributed by atoms with Gasteiger partial charge in [0, 0.05) is 0 Å². The van der Waals surface area contributed by atoms with E-state index in [-0.39, 0.29) is 0 Å². The molecule has 0 aliphatic heterocycles. The fourth-order valence-electron chi connectivity index (χ4n) is 12.5. The molecule has 0 spiro atoms. The predicted molar refractivity (Wildman–Crippen MR) is 388 cm³/mol. The molecule has 8 aliphatic carbocycles. The molecule has 2 nitrogen and oxygen atoms in total. The quantitative estimate of drug-likeness (QED) is 0.203. The average molecular weight is 1170 g/mol. The Labute approximate surface area is 531 Å². The van der Waals surface area contributed by atoms with E-state index in [0.717, 1.165) is 47.0 Å².